The molecule has 3 aromatic rings. The van der Waals surface area contributed by atoms with Crippen LogP contribution in [-0.2, 0) is 4.74 Å². The molecule has 3 rings (SSSR count). The van der Waals surface area contributed by atoms with Crippen molar-refractivity contribution in [2.24, 2.45) is 0 Å². The highest BCUT2D eigenvalue weighted by Crippen LogP contribution is 2.29. The Balaban J connectivity index is 1.98. The number of nitrogens with zero attached hydrogens (tertiary/aromatic N) is 3. The Labute approximate surface area is 162 Å². The van der Waals surface area contributed by atoms with Crippen molar-refractivity contribution in [2.75, 3.05) is 26.1 Å². The number of thioether (sulfide) groups is 1. The van der Waals surface area contributed by atoms with Gasteiger partial charge in [-0.2, -0.15) is 0 Å². The molecule has 0 aliphatic heterocycles. The zero-order valence-electron chi connectivity index (χ0n) is 14.7. The molecular formula is C19H20ClN3O2S. The maximum atomic E-state index is 6.02. The Morgan fingerprint density at radius 1 is 1.04 bits per heavy atom. The first kappa shape index (κ1) is 18.8. The first-order chi connectivity index (χ1) is 12.7. The van der Waals surface area contributed by atoms with Crippen LogP contribution in [0.2, 0.25) is 5.02 Å². The van der Waals surface area contributed by atoms with Crippen LogP contribution in [0.15, 0.2) is 53.7 Å². The molecular weight excluding hydrogens is 370 g/mol. The summed E-state index contributed by atoms with van der Waals surface area (Å²) in [7, 11) is 1.65. The van der Waals surface area contributed by atoms with Gasteiger partial charge >= 0.3 is 0 Å². The van der Waals surface area contributed by atoms with Gasteiger partial charge < -0.3 is 9.47 Å². The van der Waals surface area contributed by atoms with E-state index in [4.69, 9.17) is 21.1 Å². The van der Waals surface area contributed by atoms with E-state index in [1.807, 2.05) is 60.0 Å². The fraction of sp³-hybridized carbons (Fsp3) is 0.263. The van der Waals surface area contributed by atoms with Crippen LogP contribution in [-0.4, -0.2) is 40.8 Å². The normalized spacial score (nSPS) is 10.9. The predicted molar refractivity (Wildman–Crippen MR) is 106 cm³/mol. The van der Waals surface area contributed by atoms with E-state index in [2.05, 4.69) is 10.2 Å². The highest BCUT2D eigenvalue weighted by molar-refractivity contribution is 7.99. The van der Waals surface area contributed by atoms with Crippen LogP contribution < -0.4 is 4.74 Å². The van der Waals surface area contributed by atoms with Gasteiger partial charge in [0.25, 0.3) is 0 Å². The van der Waals surface area contributed by atoms with Crippen molar-refractivity contribution in [1.82, 2.24) is 14.8 Å². The summed E-state index contributed by atoms with van der Waals surface area (Å²) in [6.45, 7) is 3.37. The van der Waals surface area contributed by atoms with Crippen LogP contribution in [0.5, 0.6) is 5.75 Å². The number of ether oxygens (including phenoxy) is 2. The quantitative estimate of drug-likeness (QED) is 0.412. The third kappa shape index (κ3) is 4.38. The molecule has 0 saturated carbocycles. The molecule has 0 fully saturated rings. The number of methoxy groups -OCH3 is 1. The average Bonchev–Trinajstić information content (AvgIpc) is 3.10. The van der Waals surface area contributed by atoms with Crippen molar-refractivity contribution >= 4 is 23.4 Å². The minimum absolute atomic E-state index is 0.674. The van der Waals surface area contributed by atoms with E-state index >= 15 is 0 Å². The SMILES string of the molecule is CCOCCSc1nnc(-c2ccc(Cl)cc2)n1-c1ccc(OC)cc1. The maximum absolute atomic E-state index is 6.02. The third-order valence-corrected chi connectivity index (χ3v) is 4.87. The fourth-order valence-electron chi connectivity index (χ4n) is 2.45. The van der Waals surface area contributed by atoms with E-state index in [-0.39, 0.29) is 0 Å². The smallest absolute Gasteiger partial charge is 0.196 e. The molecule has 1 heterocycles. The molecule has 0 bridgehead atoms. The Kier molecular flexibility index (Phi) is 6.55. The predicted octanol–water partition coefficient (Wildman–Crippen LogP) is 4.72. The number of aromatic nitrogens is 3. The topological polar surface area (TPSA) is 49.2 Å². The van der Waals surface area contributed by atoms with Gasteiger partial charge in [-0.3, -0.25) is 4.57 Å². The van der Waals surface area contributed by atoms with E-state index in [0.29, 0.717) is 18.2 Å². The molecule has 0 N–H and O–H groups in total. The van der Waals surface area contributed by atoms with Gasteiger partial charge in [0.1, 0.15) is 5.75 Å². The minimum atomic E-state index is 0.674. The molecule has 0 unspecified atom stereocenters. The van der Waals surface area contributed by atoms with Gasteiger partial charge in [0.05, 0.1) is 13.7 Å². The molecule has 1 aromatic heterocycles. The molecule has 0 spiro atoms. The van der Waals surface area contributed by atoms with Crippen molar-refractivity contribution in [1.29, 1.82) is 0 Å². The molecule has 2 aromatic carbocycles. The zero-order chi connectivity index (χ0) is 18.4. The second-order valence-corrected chi connectivity index (χ2v) is 6.89. The first-order valence-corrected chi connectivity index (χ1v) is 9.65. The molecule has 0 aliphatic carbocycles. The van der Waals surface area contributed by atoms with Crippen molar-refractivity contribution in [3.8, 4) is 22.8 Å². The van der Waals surface area contributed by atoms with Crippen LogP contribution in [0.25, 0.3) is 17.1 Å². The second-order valence-electron chi connectivity index (χ2n) is 5.39. The summed E-state index contributed by atoms with van der Waals surface area (Å²) in [5.41, 5.74) is 1.93. The molecule has 0 amide bonds. The van der Waals surface area contributed by atoms with E-state index < -0.39 is 0 Å². The average molecular weight is 390 g/mol. The van der Waals surface area contributed by atoms with Crippen molar-refractivity contribution in [3.63, 3.8) is 0 Å². The molecule has 26 heavy (non-hydrogen) atoms. The summed E-state index contributed by atoms with van der Waals surface area (Å²) in [6.07, 6.45) is 0. The Bertz CT molecular complexity index is 835. The number of halogens is 1. The molecule has 136 valence electrons. The number of benzene rings is 2. The van der Waals surface area contributed by atoms with Gasteiger partial charge in [0.15, 0.2) is 11.0 Å². The van der Waals surface area contributed by atoms with Crippen molar-refractivity contribution in [2.45, 2.75) is 12.1 Å². The monoisotopic (exact) mass is 389 g/mol. The minimum Gasteiger partial charge on any atom is -0.497 e. The lowest BCUT2D eigenvalue weighted by Gasteiger charge is -2.11. The standard InChI is InChI=1S/C19H20ClN3O2S/c1-3-25-12-13-26-19-22-21-18(14-4-6-15(20)7-5-14)23(19)16-8-10-17(24-2)11-9-16/h4-11H,3,12-13H2,1-2H3. The lowest BCUT2D eigenvalue weighted by Crippen LogP contribution is -2.02. The number of rotatable bonds is 8. The summed E-state index contributed by atoms with van der Waals surface area (Å²) in [4.78, 5) is 0. The summed E-state index contributed by atoms with van der Waals surface area (Å²) in [5.74, 6) is 2.38. The number of hydrogen-bond acceptors (Lipinski definition) is 5. The highest BCUT2D eigenvalue weighted by atomic mass is 35.5. The van der Waals surface area contributed by atoms with E-state index in [1.165, 1.54) is 0 Å². The fourth-order valence-corrected chi connectivity index (χ4v) is 3.38. The summed E-state index contributed by atoms with van der Waals surface area (Å²) in [5, 5.41) is 10.3. The molecule has 0 radical (unpaired) electrons. The maximum Gasteiger partial charge on any atom is 0.196 e. The van der Waals surface area contributed by atoms with Crippen molar-refractivity contribution in [3.05, 3.63) is 53.6 Å². The summed E-state index contributed by atoms with van der Waals surface area (Å²) < 4.78 is 12.7. The zero-order valence-corrected chi connectivity index (χ0v) is 16.3. The largest absolute Gasteiger partial charge is 0.497 e. The molecule has 0 aliphatic rings. The summed E-state index contributed by atoms with van der Waals surface area (Å²) in [6, 6.07) is 15.4. The van der Waals surface area contributed by atoms with Gasteiger partial charge in [-0.25, -0.2) is 0 Å². The Hall–Kier alpha value is -2.02. The van der Waals surface area contributed by atoms with Crippen LogP contribution in [0.1, 0.15) is 6.92 Å². The highest BCUT2D eigenvalue weighted by Gasteiger charge is 2.16. The molecule has 5 nitrogen and oxygen atoms in total. The van der Waals surface area contributed by atoms with Gasteiger partial charge in [0, 0.05) is 28.6 Å². The lowest BCUT2D eigenvalue weighted by atomic mass is 10.2. The Morgan fingerprint density at radius 3 is 2.42 bits per heavy atom. The Morgan fingerprint density at radius 2 is 1.77 bits per heavy atom. The van der Waals surface area contributed by atoms with Crippen LogP contribution >= 0.6 is 23.4 Å². The van der Waals surface area contributed by atoms with Crippen LogP contribution in [0, 0.1) is 0 Å². The molecule has 0 saturated heterocycles. The lowest BCUT2D eigenvalue weighted by molar-refractivity contribution is 0.164. The van der Waals surface area contributed by atoms with Gasteiger partial charge in [-0.15, -0.1) is 10.2 Å². The van der Waals surface area contributed by atoms with Gasteiger partial charge in [-0.05, 0) is 55.5 Å². The first-order valence-electron chi connectivity index (χ1n) is 8.29. The van der Waals surface area contributed by atoms with E-state index in [9.17, 15) is 0 Å². The molecule has 0 atom stereocenters. The van der Waals surface area contributed by atoms with E-state index in [0.717, 1.165) is 33.7 Å². The second kappa shape index (κ2) is 9.07. The summed E-state index contributed by atoms with van der Waals surface area (Å²) >= 11 is 7.64. The number of hydrogen-bond donors (Lipinski definition) is 0. The van der Waals surface area contributed by atoms with Gasteiger partial charge in [0.2, 0.25) is 0 Å². The van der Waals surface area contributed by atoms with E-state index in [1.54, 1.807) is 18.9 Å². The van der Waals surface area contributed by atoms with Gasteiger partial charge in [-0.1, -0.05) is 23.4 Å². The third-order valence-electron chi connectivity index (χ3n) is 3.73. The van der Waals surface area contributed by atoms with Crippen LogP contribution in [0.4, 0.5) is 0 Å². The van der Waals surface area contributed by atoms with Crippen molar-refractivity contribution < 1.29 is 9.47 Å². The van der Waals surface area contributed by atoms with Crippen LogP contribution in [0.3, 0.4) is 0 Å². The molecule has 7 heteroatoms.